The van der Waals surface area contributed by atoms with Crippen LogP contribution in [0, 0.1) is 6.92 Å². The molecule has 122 valence electrons. The van der Waals surface area contributed by atoms with Crippen molar-refractivity contribution in [2.45, 2.75) is 26.7 Å². The fourth-order valence-electron chi connectivity index (χ4n) is 2.88. The maximum absolute atomic E-state index is 12.8. The molecule has 1 aliphatic rings. The summed E-state index contributed by atoms with van der Waals surface area (Å²) in [6, 6.07) is 8.22. The molecule has 0 aliphatic carbocycles. The summed E-state index contributed by atoms with van der Waals surface area (Å²) in [5, 5.41) is 4.49. The Labute approximate surface area is 136 Å². The van der Waals surface area contributed by atoms with Crippen LogP contribution in [0.25, 0.3) is 5.69 Å². The third-order valence-electron chi connectivity index (χ3n) is 4.16. The number of hydrogen-bond acceptors (Lipinski definition) is 3. The summed E-state index contributed by atoms with van der Waals surface area (Å²) >= 11 is 0. The first-order valence-electron chi connectivity index (χ1n) is 8.21. The maximum Gasteiger partial charge on any atom is 0.257 e. The molecular weight excluding hydrogens is 290 g/mol. The summed E-state index contributed by atoms with van der Waals surface area (Å²) < 4.78 is 7.23. The van der Waals surface area contributed by atoms with Gasteiger partial charge in [0.05, 0.1) is 36.4 Å². The second-order valence-corrected chi connectivity index (χ2v) is 5.91. The smallest absolute Gasteiger partial charge is 0.257 e. The van der Waals surface area contributed by atoms with Crippen LogP contribution in [0.2, 0.25) is 0 Å². The Hall–Kier alpha value is -2.14. The number of nitrogens with zero attached hydrogens (tertiary/aromatic N) is 3. The van der Waals surface area contributed by atoms with Gasteiger partial charge in [-0.25, -0.2) is 4.68 Å². The first-order valence-corrected chi connectivity index (χ1v) is 8.21. The molecule has 1 fully saturated rings. The molecule has 0 atom stereocenters. The standard InChI is InChI=1S/C18H23N3O2/c1-3-4-17-16(18(22)20-9-11-23-12-10-20)13-19-21(17)15-7-5-14(2)6-8-15/h5-8,13H,3-4,9-12H2,1-2H3. The first-order chi connectivity index (χ1) is 11.2. The Balaban J connectivity index is 1.94. The Morgan fingerprint density at radius 1 is 1.22 bits per heavy atom. The van der Waals surface area contributed by atoms with E-state index in [0.29, 0.717) is 31.9 Å². The van der Waals surface area contributed by atoms with Crippen LogP contribution in [0.3, 0.4) is 0 Å². The van der Waals surface area contributed by atoms with Gasteiger partial charge in [0, 0.05) is 13.1 Å². The lowest BCUT2D eigenvalue weighted by molar-refractivity contribution is 0.0302. The van der Waals surface area contributed by atoms with E-state index < -0.39 is 0 Å². The molecule has 0 N–H and O–H groups in total. The van der Waals surface area contributed by atoms with Crippen LogP contribution in [-0.2, 0) is 11.2 Å². The van der Waals surface area contributed by atoms with Crippen molar-refractivity contribution in [2.75, 3.05) is 26.3 Å². The Morgan fingerprint density at radius 2 is 1.91 bits per heavy atom. The lowest BCUT2D eigenvalue weighted by Crippen LogP contribution is -2.40. The van der Waals surface area contributed by atoms with E-state index in [9.17, 15) is 4.79 Å². The van der Waals surface area contributed by atoms with Gasteiger partial charge in [-0.3, -0.25) is 4.79 Å². The molecule has 0 unspecified atom stereocenters. The molecular formula is C18H23N3O2. The number of hydrogen-bond donors (Lipinski definition) is 0. The molecule has 0 radical (unpaired) electrons. The minimum absolute atomic E-state index is 0.0649. The number of aryl methyl sites for hydroxylation is 1. The van der Waals surface area contributed by atoms with Crippen LogP contribution in [0.5, 0.6) is 0 Å². The Bertz CT molecular complexity index is 670. The highest BCUT2D eigenvalue weighted by Gasteiger charge is 2.24. The summed E-state index contributed by atoms with van der Waals surface area (Å²) in [5.41, 5.74) is 3.92. The van der Waals surface area contributed by atoms with Gasteiger partial charge < -0.3 is 9.64 Å². The van der Waals surface area contributed by atoms with Crippen LogP contribution in [-0.4, -0.2) is 46.9 Å². The van der Waals surface area contributed by atoms with Crippen molar-refractivity contribution >= 4 is 5.91 Å². The number of rotatable bonds is 4. The number of ether oxygens (including phenoxy) is 1. The zero-order valence-corrected chi connectivity index (χ0v) is 13.8. The third kappa shape index (κ3) is 3.29. The molecule has 1 aromatic heterocycles. The van der Waals surface area contributed by atoms with Gasteiger partial charge in [0.1, 0.15) is 0 Å². The van der Waals surface area contributed by atoms with Gasteiger partial charge >= 0.3 is 0 Å². The van der Waals surface area contributed by atoms with Crippen LogP contribution in [0.1, 0.15) is 35.0 Å². The fourth-order valence-corrected chi connectivity index (χ4v) is 2.88. The van der Waals surface area contributed by atoms with Gasteiger partial charge in [-0.15, -0.1) is 0 Å². The van der Waals surface area contributed by atoms with Gasteiger partial charge in [0.15, 0.2) is 0 Å². The molecule has 1 aliphatic heterocycles. The highest BCUT2D eigenvalue weighted by Crippen LogP contribution is 2.19. The number of amides is 1. The molecule has 1 saturated heterocycles. The SMILES string of the molecule is CCCc1c(C(=O)N2CCOCC2)cnn1-c1ccc(C)cc1. The second kappa shape index (κ2) is 6.96. The van der Waals surface area contributed by atoms with Crippen LogP contribution in [0.15, 0.2) is 30.5 Å². The number of aromatic nitrogens is 2. The van der Waals surface area contributed by atoms with Crippen LogP contribution in [0.4, 0.5) is 0 Å². The van der Waals surface area contributed by atoms with Gasteiger partial charge in [0.2, 0.25) is 0 Å². The first kappa shape index (κ1) is 15.7. The molecule has 1 amide bonds. The lowest BCUT2D eigenvalue weighted by atomic mass is 10.1. The zero-order valence-electron chi connectivity index (χ0n) is 13.8. The summed E-state index contributed by atoms with van der Waals surface area (Å²) in [4.78, 5) is 14.7. The average Bonchev–Trinajstić information content (AvgIpc) is 3.00. The zero-order chi connectivity index (χ0) is 16.2. The monoisotopic (exact) mass is 313 g/mol. The molecule has 5 nitrogen and oxygen atoms in total. The quantitative estimate of drug-likeness (QED) is 0.872. The van der Waals surface area contributed by atoms with Gasteiger partial charge in [-0.1, -0.05) is 31.0 Å². The third-order valence-corrected chi connectivity index (χ3v) is 4.16. The van der Waals surface area contributed by atoms with E-state index in [1.54, 1.807) is 6.20 Å². The highest BCUT2D eigenvalue weighted by molar-refractivity contribution is 5.95. The van der Waals surface area contributed by atoms with Crippen LogP contribution >= 0.6 is 0 Å². The average molecular weight is 313 g/mol. The van der Waals surface area contributed by atoms with E-state index >= 15 is 0 Å². The summed E-state index contributed by atoms with van der Waals surface area (Å²) in [7, 11) is 0. The summed E-state index contributed by atoms with van der Waals surface area (Å²) in [5.74, 6) is 0.0649. The normalized spacial score (nSPS) is 15.0. The predicted octanol–water partition coefficient (Wildman–Crippen LogP) is 2.61. The molecule has 3 rings (SSSR count). The Morgan fingerprint density at radius 3 is 2.57 bits per heavy atom. The summed E-state index contributed by atoms with van der Waals surface area (Å²) in [6.45, 7) is 6.71. The number of benzene rings is 1. The topological polar surface area (TPSA) is 47.4 Å². The van der Waals surface area contributed by atoms with Crippen molar-refractivity contribution in [1.82, 2.24) is 14.7 Å². The van der Waals surface area contributed by atoms with Crippen molar-refractivity contribution < 1.29 is 9.53 Å². The largest absolute Gasteiger partial charge is 0.378 e. The van der Waals surface area contributed by atoms with Crippen molar-refractivity contribution in [3.8, 4) is 5.69 Å². The van der Waals surface area contributed by atoms with E-state index in [0.717, 1.165) is 24.2 Å². The highest BCUT2D eigenvalue weighted by atomic mass is 16.5. The van der Waals surface area contributed by atoms with Gasteiger partial charge in [-0.2, -0.15) is 5.10 Å². The minimum atomic E-state index is 0.0649. The molecule has 0 bridgehead atoms. The number of carbonyl (C=O) groups is 1. The molecule has 23 heavy (non-hydrogen) atoms. The summed E-state index contributed by atoms with van der Waals surface area (Å²) in [6.07, 6.45) is 3.52. The van der Waals surface area contributed by atoms with Crippen LogP contribution < -0.4 is 0 Å². The molecule has 2 heterocycles. The minimum Gasteiger partial charge on any atom is -0.378 e. The Kier molecular flexibility index (Phi) is 4.76. The van der Waals surface area contributed by atoms with Crippen molar-refractivity contribution in [3.05, 3.63) is 47.3 Å². The second-order valence-electron chi connectivity index (χ2n) is 5.91. The van der Waals surface area contributed by atoms with E-state index in [1.807, 2.05) is 21.7 Å². The predicted molar refractivity (Wildman–Crippen MR) is 89.0 cm³/mol. The molecule has 0 spiro atoms. The molecule has 1 aromatic carbocycles. The molecule has 5 heteroatoms. The lowest BCUT2D eigenvalue weighted by Gasteiger charge is -2.26. The molecule has 0 saturated carbocycles. The molecule has 2 aromatic rings. The fraction of sp³-hybridized carbons (Fsp3) is 0.444. The van der Waals surface area contributed by atoms with Gasteiger partial charge in [-0.05, 0) is 25.5 Å². The van der Waals surface area contributed by atoms with Crippen molar-refractivity contribution in [3.63, 3.8) is 0 Å². The number of morpholine rings is 1. The van der Waals surface area contributed by atoms with Gasteiger partial charge in [0.25, 0.3) is 5.91 Å². The van der Waals surface area contributed by atoms with E-state index in [4.69, 9.17) is 4.74 Å². The maximum atomic E-state index is 12.8. The van der Waals surface area contributed by atoms with E-state index in [2.05, 4.69) is 31.1 Å². The van der Waals surface area contributed by atoms with Crippen molar-refractivity contribution in [2.24, 2.45) is 0 Å². The number of carbonyl (C=O) groups excluding carboxylic acids is 1. The van der Waals surface area contributed by atoms with E-state index in [1.165, 1.54) is 5.56 Å². The van der Waals surface area contributed by atoms with E-state index in [-0.39, 0.29) is 5.91 Å². The van der Waals surface area contributed by atoms with Crippen molar-refractivity contribution in [1.29, 1.82) is 0 Å².